The number of aliphatic hydroxyl groups excluding tert-OH is 1. The van der Waals surface area contributed by atoms with E-state index in [0.29, 0.717) is 29.2 Å². The number of aromatic nitrogens is 4. The molecule has 0 saturated carbocycles. The molecule has 4 N–H and O–H groups in total. The summed E-state index contributed by atoms with van der Waals surface area (Å²) in [5.41, 5.74) is 5.96. The lowest BCUT2D eigenvalue weighted by atomic mass is 10.1. The Labute approximate surface area is 201 Å². The fraction of sp³-hybridized carbons (Fsp3) is 0.522. The molecule has 34 heavy (non-hydrogen) atoms. The number of nitrogens with two attached hydrogens (primary N) is 1. The molecule has 2 aliphatic rings. The van der Waals surface area contributed by atoms with Crippen molar-refractivity contribution in [3.05, 3.63) is 35.0 Å². The maximum absolute atomic E-state index is 14.7. The predicted octanol–water partition coefficient (Wildman–Crippen LogP) is 3.56. The van der Waals surface area contributed by atoms with Crippen LogP contribution in [0.5, 0.6) is 0 Å². The zero-order chi connectivity index (χ0) is 24.8. The standard InChI is InChI=1S/C17H19ClFN5O.C6H10O3/c1-8(2)24-12-6-9(13-10(18)7-21-16(20)23-13)5-11(19)14(12)22-15(24)17(3,4)25;7-5-2-1-4-3-8-6(5)9-4/h5-8,25H,1-4H3,(H2,20,21,23);4-7H,1-3H2. The molecule has 0 radical (unpaired) electrons. The molecule has 3 aromatic rings. The lowest BCUT2D eigenvalue weighted by Gasteiger charge is -2.22. The van der Waals surface area contributed by atoms with Crippen molar-refractivity contribution >= 4 is 28.6 Å². The van der Waals surface area contributed by atoms with Gasteiger partial charge in [-0.1, -0.05) is 11.6 Å². The number of nitrogen functional groups attached to an aromatic ring is 1. The van der Waals surface area contributed by atoms with Gasteiger partial charge in [-0.15, -0.1) is 0 Å². The first-order valence-corrected chi connectivity index (χ1v) is 11.5. The maximum atomic E-state index is 14.7. The van der Waals surface area contributed by atoms with E-state index in [1.807, 2.05) is 13.8 Å². The molecule has 3 atom stereocenters. The molecular formula is C23H29ClFN5O4. The Morgan fingerprint density at radius 3 is 2.65 bits per heavy atom. The number of anilines is 1. The fourth-order valence-corrected chi connectivity index (χ4v) is 4.34. The van der Waals surface area contributed by atoms with E-state index >= 15 is 0 Å². The van der Waals surface area contributed by atoms with Crippen LogP contribution < -0.4 is 5.73 Å². The molecule has 0 amide bonds. The molecule has 2 saturated heterocycles. The molecule has 2 aliphatic heterocycles. The van der Waals surface area contributed by atoms with Crippen LogP contribution in [0.15, 0.2) is 18.3 Å². The highest BCUT2D eigenvalue weighted by atomic mass is 35.5. The van der Waals surface area contributed by atoms with E-state index < -0.39 is 11.4 Å². The quantitative estimate of drug-likeness (QED) is 0.505. The second kappa shape index (κ2) is 9.35. The Hall–Kier alpha value is -2.37. The summed E-state index contributed by atoms with van der Waals surface area (Å²) < 4.78 is 26.9. The van der Waals surface area contributed by atoms with Crippen molar-refractivity contribution in [1.29, 1.82) is 0 Å². The van der Waals surface area contributed by atoms with E-state index in [2.05, 4.69) is 15.0 Å². The molecule has 1 aromatic carbocycles. The highest BCUT2D eigenvalue weighted by molar-refractivity contribution is 6.33. The van der Waals surface area contributed by atoms with E-state index in [-0.39, 0.29) is 41.0 Å². The van der Waals surface area contributed by atoms with Crippen LogP contribution in [0.4, 0.5) is 10.3 Å². The van der Waals surface area contributed by atoms with Crippen LogP contribution in [-0.4, -0.2) is 54.8 Å². The first-order chi connectivity index (χ1) is 16.0. The summed E-state index contributed by atoms with van der Waals surface area (Å²) in [7, 11) is 0. The highest BCUT2D eigenvalue weighted by Crippen LogP contribution is 2.34. The van der Waals surface area contributed by atoms with Crippen LogP contribution >= 0.6 is 11.6 Å². The number of halogens is 2. The summed E-state index contributed by atoms with van der Waals surface area (Å²) in [4.78, 5) is 12.3. The number of benzene rings is 1. The average Bonchev–Trinajstić information content (AvgIpc) is 3.35. The SMILES string of the molecule is CC(C)n1c(C(C)(C)O)nc2c(F)cc(-c3nc(N)ncc3Cl)cc21.OC1CCC2COC1O2. The van der Waals surface area contributed by atoms with E-state index in [0.717, 1.165) is 12.8 Å². The van der Waals surface area contributed by atoms with Gasteiger partial charge in [-0.25, -0.2) is 19.3 Å². The summed E-state index contributed by atoms with van der Waals surface area (Å²) in [6.07, 6.45) is 2.71. The molecule has 9 nitrogen and oxygen atoms in total. The minimum atomic E-state index is -1.22. The first-order valence-electron chi connectivity index (χ1n) is 11.1. The average molecular weight is 494 g/mol. The second-order valence-corrected chi connectivity index (χ2v) is 9.72. The van der Waals surface area contributed by atoms with Crippen molar-refractivity contribution in [2.75, 3.05) is 12.3 Å². The minimum Gasteiger partial charge on any atom is -0.388 e. The number of imidazole rings is 1. The zero-order valence-corrected chi connectivity index (χ0v) is 20.3. The molecule has 2 fully saturated rings. The third-order valence-corrected chi connectivity index (χ3v) is 6.00. The van der Waals surface area contributed by atoms with Gasteiger partial charge < -0.3 is 30.0 Å². The van der Waals surface area contributed by atoms with Gasteiger partial charge in [0.2, 0.25) is 5.95 Å². The molecule has 184 valence electrons. The number of hydrogen-bond acceptors (Lipinski definition) is 8. The zero-order valence-electron chi connectivity index (χ0n) is 19.5. The second-order valence-electron chi connectivity index (χ2n) is 9.31. The highest BCUT2D eigenvalue weighted by Gasteiger charge is 2.36. The van der Waals surface area contributed by atoms with E-state index in [9.17, 15) is 9.50 Å². The van der Waals surface area contributed by atoms with Crippen LogP contribution in [0.3, 0.4) is 0 Å². The lowest BCUT2D eigenvalue weighted by molar-refractivity contribution is -0.152. The number of ether oxygens (including phenoxy) is 2. The molecular weight excluding hydrogens is 465 g/mol. The van der Waals surface area contributed by atoms with Crippen LogP contribution in [0.1, 0.15) is 52.4 Å². The number of hydrogen-bond donors (Lipinski definition) is 3. The van der Waals surface area contributed by atoms with Crippen molar-refractivity contribution in [2.45, 2.75) is 70.7 Å². The molecule has 0 spiro atoms. The molecule has 4 heterocycles. The first kappa shape index (κ1) is 24.7. The lowest BCUT2D eigenvalue weighted by Crippen LogP contribution is -2.32. The normalized spacial score (nSPS) is 22.2. The Kier molecular flexibility index (Phi) is 6.80. The van der Waals surface area contributed by atoms with Gasteiger partial charge in [0.15, 0.2) is 12.1 Å². The fourth-order valence-electron chi connectivity index (χ4n) is 4.14. The number of rotatable bonds is 3. The van der Waals surface area contributed by atoms with Gasteiger partial charge >= 0.3 is 0 Å². The monoisotopic (exact) mass is 493 g/mol. The third kappa shape index (κ3) is 4.87. The van der Waals surface area contributed by atoms with Crippen molar-refractivity contribution in [2.24, 2.45) is 0 Å². The molecule has 2 bridgehead atoms. The van der Waals surface area contributed by atoms with Gasteiger partial charge in [-0.05, 0) is 52.7 Å². The number of fused-ring (bicyclic) bond motifs is 3. The van der Waals surface area contributed by atoms with Crippen molar-refractivity contribution < 1.29 is 24.1 Å². The molecule has 3 unspecified atom stereocenters. The summed E-state index contributed by atoms with van der Waals surface area (Å²) in [5, 5.41) is 19.8. The summed E-state index contributed by atoms with van der Waals surface area (Å²) >= 11 is 6.15. The van der Waals surface area contributed by atoms with Crippen LogP contribution in [-0.2, 0) is 15.1 Å². The maximum Gasteiger partial charge on any atom is 0.220 e. The topological polar surface area (TPSA) is 129 Å². The number of nitrogens with zero attached hydrogens (tertiary/aromatic N) is 4. The largest absolute Gasteiger partial charge is 0.388 e. The van der Waals surface area contributed by atoms with Gasteiger partial charge in [0.25, 0.3) is 0 Å². The predicted molar refractivity (Wildman–Crippen MR) is 126 cm³/mol. The van der Waals surface area contributed by atoms with E-state index in [1.165, 1.54) is 12.3 Å². The molecule has 11 heteroatoms. The van der Waals surface area contributed by atoms with Crippen LogP contribution in [0.2, 0.25) is 5.02 Å². The third-order valence-electron chi connectivity index (χ3n) is 5.72. The van der Waals surface area contributed by atoms with Crippen molar-refractivity contribution in [3.63, 3.8) is 0 Å². The van der Waals surface area contributed by atoms with E-state index in [1.54, 1.807) is 24.5 Å². The Bertz CT molecular complexity index is 1200. The Morgan fingerprint density at radius 2 is 2.00 bits per heavy atom. The van der Waals surface area contributed by atoms with Crippen LogP contribution in [0, 0.1) is 5.82 Å². The van der Waals surface area contributed by atoms with Crippen LogP contribution in [0.25, 0.3) is 22.3 Å². The van der Waals surface area contributed by atoms with Gasteiger partial charge in [0.1, 0.15) is 23.0 Å². The Balaban J connectivity index is 0.000000252. The summed E-state index contributed by atoms with van der Waals surface area (Å²) in [6.45, 7) is 7.79. The number of aliphatic hydroxyl groups is 2. The van der Waals surface area contributed by atoms with E-state index in [4.69, 9.17) is 31.9 Å². The van der Waals surface area contributed by atoms with Crippen molar-refractivity contribution in [3.8, 4) is 11.3 Å². The van der Waals surface area contributed by atoms with Crippen molar-refractivity contribution in [1.82, 2.24) is 19.5 Å². The van der Waals surface area contributed by atoms with Gasteiger partial charge in [-0.2, -0.15) is 0 Å². The van der Waals surface area contributed by atoms with Gasteiger partial charge in [0.05, 0.1) is 35.1 Å². The Morgan fingerprint density at radius 1 is 1.26 bits per heavy atom. The van der Waals surface area contributed by atoms with Gasteiger partial charge in [-0.3, -0.25) is 0 Å². The minimum absolute atomic E-state index is 0.0352. The summed E-state index contributed by atoms with van der Waals surface area (Å²) in [5.74, 6) is -0.0815. The smallest absolute Gasteiger partial charge is 0.220 e. The summed E-state index contributed by atoms with van der Waals surface area (Å²) in [6, 6.07) is 3.02. The molecule has 5 rings (SSSR count). The molecule has 0 aliphatic carbocycles. The van der Waals surface area contributed by atoms with Gasteiger partial charge in [0, 0.05) is 11.6 Å². The molecule has 2 aromatic heterocycles.